The van der Waals surface area contributed by atoms with E-state index in [4.69, 9.17) is 23.8 Å². The number of anilines is 2. The van der Waals surface area contributed by atoms with E-state index in [0.29, 0.717) is 22.8 Å². The Labute approximate surface area is 225 Å². The van der Waals surface area contributed by atoms with Crippen molar-refractivity contribution in [3.05, 3.63) is 42.0 Å². The Morgan fingerprint density at radius 1 is 1.08 bits per heavy atom. The molecule has 2 heterocycles. The molecule has 2 aromatic heterocycles. The van der Waals surface area contributed by atoms with Gasteiger partial charge in [-0.2, -0.15) is 0 Å². The van der Waals surface area contributed by atoms with Gasteiger partial charge in [0.05, 0.1) is 19.5 Å². The van der Waals surface area contributed by atoms with Crippen LogP contribution in [0.25, 0.3) is 11.2 Å². The molecule has 1 saturated carbocycles. The fourth-order valence-corrected chi connectivity index (χ4v) is 7.91. The van der Waals surface area contributed by atoms with Crippen molar-refractivity contribution in [2.24, 2.45) is 0 Å². The fourth-order valence-electron chi connectivity index (χ4n) is 4.88. The van der Waals surface area contributed by atoms with Crippen LogP contribution in [0.15, 0.2) is 30.6 Å². The number of fused-ring (bicyclic) bond motifs is 1. The Morgan fingerprint density at radius 2 is 1.74 bits per heavy atom. The lowest BCUT2D eigenvalue weighted by molar-refractivity contribution is 0.0505. The Bertz CT molecular complexity index is 1280. The van der Waals surface area contributed by atoms with Crippen LogP contribution in [0.1, 0.15) is 83.6 Å². The first kappa shape index (κ1) is 28.8. The topological polar surface area (TPSA) is 117 Å². The van der Waals surface area contributed by atoms with Crippen molar-refractivity contribution >= 4 is 38.7 Å². The monoisotopic (exact) mass is 561 g/mol. The van der Waals surface area contributed by atoms with Gasteiger partial charge in [0.2, 0.25) is 8.46 Å². The summed E-state index contributed by atoms with van der Waals surface area (Å²) in [4.78, 5) is 14.4. The number of rotatable bonds is 13. The van der Waals surface area contributed by atoms with Gasteiger partial charge in [-0.15, -0.1) is 0 Å². The highest BCUT2D eigenvalue weighted by Crippen LogP contribution is 2.70. The summed E-state index contributed by atoms with van der Waals surface area (Å²) in [6.07, 6.45) is 6.35. The molecule has 0 aliphatic heterocycles. The van der Waals surface area contributed by atoms with Crippen LogP contribution in [0.5, 0.6) is 0 Å². The minimum atomic E-state index is -3.94. The van der Waals surface area contributed by atoms with Crippen LogP contribution >= 0.6 is 16.1 Å². The summed E-state index contributed by atoms with van der Waals surface area (Å²) in [5.74, 6) is 1.81. The van der Waals surface area contributed by atoms with Gasteiger partial charge in [0.25, 0.3) is 5.08 Å². The third kappa shape index (κ3) is 5.43. The second-order valence-electron chi connectivity index (χ2n) is 9.50. The third-order valence-electron chi connectivity index (χ3n) is 6.68. The van der Waals surface area contributed by atoms with E-state index in [1.165, 1.54) is 12.8 Å². The average Bonchev–Trinajstić information content (AvgIpc) is 3.59. The van der Waals surface area contributed by atoms with Crippen LogP contribution in [0.4, 0.5) is 11.5 Å². The lowest BCUT2D eigenvalue weighted by Gasteiger charge is -2.33. The molecular formula is C26H37N5O5P2. The third-order valence-corrected chi connectivity index (χ3v) is 10.6. The molecule has 1 fully saturated rings. The van der Waals surface area contributed by atoms with Gasteiger partial charge in [-0.3, -0.25) is 9.13 Å². The highest BCUT2D eigenvalue weighted by Gasteiger charge is 2.55. The molecule has 0 amide bonds. The van der Waals surface area contributed by atoms with Gasteiger partial charge in [0.1, 0.15) is 5.82 Å². The molecule has 0 radical (unpaired) electrons. The smallest absolute Gasteiger partial charge is 0.349 e. The molecule has 1 aromatic carbocycles. The van der Waals surface area contributed by atoms with Crippen LogP contribution in [-0.4, -0.2) is 39.3 Å². The molecule has 38 heavy (non-hydrogen) atoms. The number of imidazole rings is 1. The summed E-state index contributed by atoms with van der Waals surface area (Å²) in [5, 5.41) is 1.62. The Balaban J connectivity index is 1.72. The highest BCUT2D eigenvalue weighted by atomic mass is 31.2. The first-order valence-electron chi connectivity index (χ1n) is 13.3. The summed E-state index contributed by atoms with van der Waals surface area (Å²) in [6, 6.07) is 7.26. The quantitative estimate of drug-likeness (QED) is 0.211. The second-order valence-corrected chi connectivity index (χ2v) is 12.8. The maximum absolute atomic E-state index is 13.8. The van der Waals surface area contributed by atoms with E-state index < -0.39 is 21.1 Å². The Morgan fingerprint density at radius 3 is 2.29 bits per heavy atom. The number of nitrogens with one attached hydrogen (secondary N) is 1. The minimum Gasteiger partial charge on any atom is -0.349 e. The Kier molecular flexibility index (Phi) is 9.32. The number of aromatic nitrogens is 4. The lowest BCUT2D eigenvalue weighted by atomic mass is 10.1. The van der Waals surface area contributed by atoms with Crippen molar-refractivity contribution in [2.45, 2.75) is 77.3 Å². The molecule has 1 aliphatic carbocycles. The average molecular weight is 562 g/mol. The van der Waals surface area contributed by atoms with Crippen molar-refractivity contribution in [1.29, 1.82) is 0 Å². The van der Waals surface area contributed by atoms with Crippen molar-refractivity contribution in [1.82, 2.24) is 19.5 Å². The fraction of sp³-hybridized carbons (Fsp3) is 0.577. The van der Waals surface area contributed by atoms with Crippen LogP contribution in [0, 0.1) is 0 Å². The Hall–Kier alpha value is -2.22. The zero-order valence-electron chi connectivity index (χ0n) is 22.7. The van der Waals surface area contributed by atoms with E-state index in [-0.39, 0.29) is 25.9 Å². The number of hydrogen-bond acceptors (Lipinski definition) is 9. The van der Waals surface area contributed by atoms with E-state index in [9.17, 15) is 9.13 Å². The molecule has 0 bridgehead atoms. The summed E-state index contributed by atoms with van der Waals surface area (Å²) >= 11 is 0. The molecule has 1 atom stereocenters. The molecule has 1 N–H and O–H groups in total. The first-order chi connectivity index (χ1) is 18.3. The van der Waals surface area contributed by atoms with Gasteiger partial charge in [-0.25, -0.2) is 15.0 Å². The molecular weight excluding hydrogens is 524 g/mol. The molecule has 12 heteroatoms. The zero-order chi connectivity index (χ0) is 27.3. The van der Waals surface area contributed by atoms with E-state index in [0.717, 1.165) is 30.0 Å². The summed E-state index contributed by atoms with van der Waals surface area (Å²) in [5.41, 5.74) is 2.67. The summed E-state index contributed by atoms with van der Waals surface area (Å²) in [6.45, 7) is 9.78. The minimum absolute atomic E-state index is 0.122. The maximum atomic E-state index is 13.8. The van der Waals surface area contributed by atoms with Crippen molar-refractivity contribution in [2.75, 3.05) is 25.1 Å². The molecule has 0 spiro atoms. The lowest BCUT2D eigenvalue weighted by Crippen LogP contribution is -2.26. The van der Waals surface area contributed by atoms with Crippen LogP contribution < -0.4 is 5.32 Å². The summed E-state index contributed by atoms with van der Waals surface area (Å²) in [7, 11) is -4.45. The van der Waals surface area contributed by atoms with Gasteiger partial charge in [-0.1, -0.05) is 25.0 Å². The standard InChI is InChI=1S/C26H37N5O5P2/c1-6-34-26(37-32,38(33,35-7-2)36-8-3)20-13-15-21(16-14-20)28-24-22-25(31(17-27-22)18(4)5)30-23(29-24)19-11-9-10-12-19/h13-19H,6-12H2,1-5H3,(H,28,29,30). The number of nitrogens with zero attached hydrogens (tertiary/aromatic N) is 4. The van der Waals surface area contributed by atoms with Gasteiger partial charge in [0.15, 0.2) is 17.0 Å². The van der Waals surface area contributed by atoms with Crippen LogP contribution in [0.2, 0.25) is 0 Å². The number of ether oxygens (including phenoxy) is 1. The predicted octanol–water partition coefficient (Wildman–Crippen LogP) is 7.51. The molecule has 0 saturated heterocycles. The zero-order valence-corrected chi connectivity index (χ0v) is 24.5. The molecule has 206 valence electrons. The van der Waals surface area contributed by atoms with Crippen LogP contribution in [-0.2, 0) is 28.0 Å². The molecule has 4 rings (SSSR count). The SMILES string of the molecule is CCOC(P=O)(c1ccc(Nc2nc(C3CCCC3)nc3c2ncn3C(C)C)cc1)P(=O)(OCC)OCC. The van der Waals surface area contributed by atoms with E-state index >= 15 is 0 Å². The number of hydrogen-bond donors (Lipinski definition) is 1. The molecule has 1 aliphatic rings. The van der Waals surface area contributed by atoms with E-state index in [1.54, 1.807) is 51.4 Å². The van der Waals surface area contributed by atoms with Gasteiger partial charge in [0, 0.05) is 29.8 Å². The van der Waals surface area contributed by atoms with Crippen molar-refractivity contribution in [3.63, 3.8) is 0 Å². The summed E-state index contributed by atoms with van der Waals surface area (Å²) < 4.78 is 45.4. The predicted molar refractivity (Wildman–Crippen MR) is 148 cm³/mol. The molecule has 10 nitrogen and oxygen atoms in total. The first-order valence-corrected chi connectivity index (χ1v) is 15.7. The normalized spacial score (nSPS) is 16.5. The van der Waals surface area contributed by atoms with E-state index in [2.05, 4.69) is 28.7 Å². The van der Waals surface area contributed by atoms with Gasteiger partial charge in [-0.05, 0) is 59.6 Å². The molecule has 1 unspecified atom stereocenters. The maximum Gasteiger partial charge on any atom is 0.378 e. The van der Waals surface area contributed by atoms with Crippen molar-refractivity contribution in [3.8, 4) is 0 Å². The van der Waals surface area contributed by atoms with E-state index in [1.807, 2.05) is 0 Å². The van der Waals surface area contributed by atoms with Gasteiger partial charge >= 0.3 is 7.60 Å². The largest absolute Gasteiger partial charge is 0.378 e. The number of benzene rings is 1. The molecule has 3 aromatic rings. The second kappa shape index (κ2) is 12.3. The van der Waals surface area contributed by atoms with Crippen LogP contribution in [0.3, 0.4) is 0 Å². The van der Waals surface area contributed by atoms with Crippen molar-refractivity contribution < 1.29 is 22.9 Å². The highest BCUT2D eigenvalue weighted by molar-refractivity contribution is 7.64. The van der Waals surface area contributed by atoms with Gasteiger partial charge < -0.3 is 23.7 Å².